The van der Waals surface area contributed by atoms with Crippen LogP contribution in [-0.4, -0.2) is 34.6 Å². The first-order valence-electron chi connectivity index (χ1n) is 4.60. The molecular formula is C9H15N5O. The Morgan fingerprint density at radius 2 is 2.20 bits per heavy atom. The summed E-state index contributed by atoms with van der Waals surface area (Å²) in [5.41, 5.74) is 5.48. The van der Waals surface area contributed by atoms with Crippen LogP contribution in [0.4, 0.5) is 5.95 Å². The molecule has 3 N–H and O–H groups in total. The number of oxime groups is 1. The van der Waals surface area contributed by atoms with Crippen molar-refractivity contribution in [2.24, 2.45) is 16.8 Å². The standard InChI is InChI=1S/C9H15N5O/c1-7(8(10)13-15)6-14(2)9-11-4-3-5-12-9/h3-5,7,15H,6H2,1-2H3,(H2,10,13). The summed E-state index contributed by atoms with van der Waals surface area (Å²) >= 11 is 0. The quantitative estimate of drug-likeness (QED) is 0.322. The zero-order valence-corrected chi connectivity index (χ0v) is 8.83. The monoisotopic (exact) mass is 209 g/mol. The molecule has 0 aromatic carbocycles. The molecule has 6 heteroatoms. The van der Waals surface area contributed by atoms with Crippen molar-refractivity contribution in [3.63, 3.8) is 0 Å². The lowest BCUT2D eigenvalue weighted by Gasteiger charge is -2.20. The molecular weight excluding hydrogens is 194 g/mol. The first-order valence-corrected chi connectivity index (χ1v) is 4.60. The number of nitrogens with zero attached hydrogens (tertiary/aromatic N) is 4. The van der Waals surface area contributed by atoms with Gasteiger partial charge < -0.3 is 15.8 Å². The van der Waals surface area contributed by atoms with Gasteiger partial charge in [-0.15, -0.1) is 0 Å². The Morgan fingerprint density at radius 3 is 2.73 bits per heavy atom. The normalized spacial score (nSPS) is 13.6. The molecule has 1 aromatic rings. The summed E-state index contributed by atoms with van der Waals surface area (Å²) in [5, 5.41) is 11.5. The maximum absolute atomic E-state index is 8.50. The van der Waals surface area contributed by atoms with Crippen LogP contribution in [-0.2, 0) is 0 Å². The lowest BCUT2D eigenvalue weighted by atomic mass is 10.1. The maximum atomic E-state index is 8.50. The molecule has 0 radical (unpaired) electrons. The smallest absolute Gasteiger partial charge is 0.224 e. The molecule has 0 fully saturated rings. The van der Waals surface area contributed by atoms with Gasteiger partial charge in [-0.05, 0) is 6.07 Å². The van der Waals surface area contributed by atoms with Gasteiger partial charge in [0.2, 0.25) is 5.95 Å². The van der Waals surface area contributed by atoms with Crippen molar-refractivity contribution < 1.29 is 5.21 Å². The van der Waals surface area contributed by atoms with Gasteiger partial charge in [-0.3, -0.25) is 0 Å². The first-order chi connectivity index (χ1) is 7.15. The number of amidine groups is 1. The van der Waals surface area contributed by atoms with Crippen LogP contribution < -0.4 is 10.6 Å². The second-order valence-electron chi connectivity index (χ2n) is 3.36. The van der Waals surface area contributed by atoms with Crippen molar-refractivity contribution in [1.82, 2.24) is 9.97 Å². The number of hydrogen-bond donors (Lipinski definition) is 2. The predicted octanol–water partition coefficient (Wildman–Crippen LogP) is 0.295. The summed E-state index contributed by atoms with van der Waals surface area (Å²) in [6, 6.07) is 1.75. The minimum absolute atomic E-state index is 0.0520. The van der Waals surface area contributed by atoms with Gasteiger partial charge in [0.25, 0.3) is 0 Å². The number of aromatic nitrogens is 2. The molecule has 1 aromatic heterocycles. The molecule has 1 unspecified atom stereocenters. The predicted molar refractivity (Wildman–Crippen MR) is 57.9 cm³/mol. The SMILES string of the molecule is CC(CN(C)c1ncccn1)C(N)=NO. The van der Waals surface area contributed by atoms with Gasteiger partial charge in [-0.2, -0.15) is 0 Å². The van der Waals surface area contributed by atoms with E-state index in [-0.39, 0.29) is 11.8 Å². The fourth-order valence-electron chi connectivity index (χ4n) is 1.17. The van der Waals surface area contributed by atoms with Crippen LogP contribution in [0, 0.1) is 5.92 Å². The average molecular weight is 209 g/mol. The van der Waals surface area contributed by atoms with Crippen LogP contribution in [0.5, 0.6) is 0 Å². The Hall–Kier alpha value is -1.85. The molecule has 1 atom stereocenters. The Bertz CT molecular complexity index is 327. The van der Waals surface area contributed by atoms with E-state index in [0.29, 0.717) is 12.5 Å². The summed E-state index contributed by atoms with van der Waals surface area (Å²) < 4.78 is 0. The van der Waals surface area contributed by atoms with Crippen molar-refractivity contribution in [1.29, 1.82) is 0 Å². The largest absolute Gasteiger partial charge is 0.409 e. The Morgan fingerprint density at radius 1 is 1.60 bits per heavy atom. The average Bonchev–Trinajstić information content (AvgIpc) is 2.29. The molecule has 0 saturated carbocycles. The number of nitrogens with two attached hydrogens (primary N) is 1. The van der Waals surface area contributed by atoms with E-state index < -0.39 is 0 Å². The highest BCUT2D eigenvalue weighted by atomic mass is 16.4. The number of rotatable bonds is 4. The Balaban J connectivity index is 2.60. The van der Waals surface area contributed by atoms with Crippen molar-refractivity contribution in [2.75, 3.05) is 18.5 Å². The van der Waals surface area contributed by atoms with Crippen LogP contribution in [0.1, 0.15) is 6.92 Å². The molecule has 0 aliphatic carbocycles. The highest BCUT2D eigenvalue weighted by molar-refractivity contribution is 5.82. The molecule has 15 heavy (non-hydrogen) atoms. The fourth-order valence-corrected chi connectivity index (χ4v) is 1.17. The molecule has 82 valence electrons. The molecule has 0 aliphatic rings. The van der Waals surface area contributed by atoms with Crippen LogP contribution in [0.15, 0.2) is 23.6 Å². The van der Waals surface area contributed by atoms with Crippen molar-refractivity contribution in [2.45, 2.75) is 6.92 Å². The summed E-state index contributed by atoms with van der Waals surface area (Å²) in [7, 11) is 1.86. The van der Waals surface area contributed by atoms with Crippen molar-refractivity contribution in [3.05, 3.63) is 18.5 Å². The molecule has 0 bridgehead atoms. The van der Waals surface area contributed by atoms with Gasteiger partial charge in [0.15, 0.2) is 0 Å². The van der Waals surface area contributed by atoms with Crippen LogP contribution >= 0.6 is 0 Å². The first kappa shape index (κ1) is 11.2. The third-order valence-electron chi connectivity index (χ3n) is 2.06. The van der Waals surface area contributed by atoms with E-state index in [1.807, 2.05) is 18.9 Å². The lowest BCUT2D eigenvalue weighted by Crippen LogP contribution is -2.33. The molecule has 0 saturated heterocycles. The van der Waals surface area contributed by atoms with E-state index in [0.717, 1.165) is 0 Å². The summed E-state index contributed by atoms with van der Waals surface area (Å²) in [5.74, 6) is 0.775. The van der Waals surface area contributed by atoms with Crippen LogP contribution in [0.2, 0.25) is 0 Å². The minimum atomic E-state index is -0.0520. The fraction of sp³-hybridized carbons (Fsp3) is 0.444. The van der Waals surface area contributed by atoms with Crippen molar-refractivity contribution in [3.8, 4) is 0 Å². The van der Waals surface area contributed by atoms with E-state index in [2.05, 4.69) is 15.1 Å². The number of hydrogen-bond acceptors (Lipinski definition) is 5. The van der Waals surface area contributed by atoms with Gasteiger partial charge >= 0.3 is 0 Å². The Labute approximate surface area is 88.4 Å². The van der Waals surface area contributed by atoms with Gasteiger partial charge in [0.05, 0.1) is 0 Å². The summed E-state index contributed by atoms with van der Waals surface area (Å²) in [6.07, 6.45) is 3.35. The third kappa shape index (κ3) is 3.08. The summed E-state index contributed by atoms with van der Waals surface area (Å²) in [4.78, 5) is 10.0. The molecule has 1 heterocycles. The van der Waals surface area contributed by atoms with E-state index in [9.17, 15) is 0 Å². The van der Waals surface area contributed by atoms with Gasteiger partial charge in [0.1, 0.15) is 5.84 Å². The van der Waals surface area contributed by atoms with Gasteiger partial charge in [0, 0.05) is 31.9 Å². The Kier molecular flexibility index (Phi) is 3.84. The van der Waals surface area contributed by atoms with E-state index in [4.69, 9.17) is 10.9 Å². The van der Waals surface area contributed by atoms with E-state index in [1.54, 1.807) is 18.5 Å². The van der Waals surface area contributed by atoms with Gasteiger partial charge in [-0.25, -0.2) is 9.97 Å². The third-order valence-corrected chi connectivity index (χ3v) is 2.06. The molecule has 0 aliphatic heterocycles. The summed E-state index contributed by atoms with van der Waals surface area (Å²) in [6.45, 7) is 2.47. The molecule has 0 spiro atoms. The number of anilines is 1. The lowest BCUT2D eigenvalue weighted by molar-refractivity contribution is 0.314. The highest BCUT2D eigenvalue weighted by Crippen LogP contribution is 2.05. The van der Waals surface area contributed by atoms with Crippen molar-refractivity contribution >= 4 is 11.8 Å². The highest BCUT2D eigenvalue weighted by Gasteiger charge is 2.12. The molecule has 1 rings (SSSR count). The van der Waals surface area contributed by atoms with E-state index in [1.165, 1.54) is 0 Å². The zero-order chi connectivity index (χ0) is 11.3. The second kappa shape index (κ2) is 5.14. The second-order valence-corrected chi connectivity index (χ2v) is 3.36. The minimum Gasteiger partial charge on any atom is -0.409 e. The van der Waals surface area contributed by atoms with E-state index >= 15 is 0 Å². The topological polar surface area (TPSA) is 87.6 Å². The van der Waals surface area contributed by atoms with Crippen LogP contribution in [0.3, 0.4) is 0 Å². The maximum Gasteiger partial charge on any atom is 0.224 e. The zero-order valence-electron chi connectivity index (χ0n) is 8.83. The van der Waals surface area contributed by atoms with Gasteiger partial charge in [-0.1, -0.05) is 12.1 Å². The van der Waals surface area contributed by atoms with Crippen LogP contribution in [0.25, 0.3) is 0 Å². The molecule has 6 nitrogen and oxygen atoms in total. The molecule has 0 amide bonds.